The van der Waals surface area contributed by atoms with E-state index in [9.17, 15) is 9.90 Å². The summed E-state index contributed by atoms with van der Waals surface area (Å²) in [6.45, 7) is 9.07. The van der Waals surface area contributed by atoms with Gasteiger partial charge in [-0.15, -0.1) is 0 Å². The van der Waals surface area contributed by atoms with Crippen LogP contribution in [0.4, 0.5) is 0 Å². The lowest BCUT2D eigenvalue weighted by Gasteiger charge is -2.38. The van der Waals surface area contributed by atoms with Gasteiger partial charge in [-0.05, 0) is 26.2 Å². The van der Waals surface area contributed by atoms with E-state index in [-0.39, 0.29) is 18.1 Å². The van der Waals surface area contributed by atoms with Crippen molar-refractivity contribution < 1.29 is 14.6 Å². The van der Waals surface area contributed by atoms with E-state index in [1.54, 1.807) is 6.92 Å². The number of nitrogens with zero attached hydrogens (tertiary/aromatic N) is 1. The zero-order valence-electron chi connectivity index (χ0n) is 10.6. The predicted molar refractivity (Wildman–Crippen MR) is 62.1 cm³/mol. The minimum Gasteiger partial charge on any atom is -0.460 e. The van der Waals surface area contributed by atoms with E-state index in [0.717, 1.165) is 6.42 Å². The normalized spacial score (nSPS) is 29.2. The third-order valence-electron chi connectivity index (χ3n) is 2.72. The molecule has 1 saturated heterocycles. The predicted octanol–water partition coefficient (Wildman–Crippen LogP) is 1.03. The largest absolute Gasteiger partial charge is 0.460 e. The van der Waals surface area contributed by atoms with Gasteiger partial charge in [0.1, 0.15) is 12.1 Å². The van der Waals surface area contributed by atoms with Gasteiger partial charge in [0.05, 0.1) is 6.10 Å². The van der Waals surface area contributed by atoms with Gasteiger partial charge in [0, 0.05) is 13.1 Å². The molecule has 94 valence electrons. The highest BCUT2D eigenvalue weighted by molar-refractivity contribution is 5.76. The standard InChI is InChI=1S/C12H23NO3/c1-8(2)5-11-12(15)16-10(4)7-13(11)6-9(3)14/h8-11,14H,5-7H2,1-4H3. The van der Waals surface area contributed by atoms with Crippen LogP contribution in [0.1, 0.15) is 34.1 Å². The van der Waals surface area contributed by atoms with Crippen LogP contribution in [-0.4, -0.2) is 47.3 Å². The Kier molecular flexibility index (Phi) is 4.74. The third kappa shape index (κ3) is 3.76. The van der Waals surface area contributed by atoms with Gasteiger partial charge in [0.15, 0.2) is 0 Å². The van der Waals surface area contributed by atoms with Crippen LogP contribution in [0.25, 0.3) is 0 Å². The molecule has 1 rings (SSSR count). The molecular weight excluding hydrogens is 206 g/mol. The maximum absolute atomic E-state index is 11.8. The van der Waals surface area contributed by atoms with Crippen molar-refractivity contribution in [1.29, 1.82) is 0 Å². The van der Waals surface area contributed by atoms with E-state index in [1.807, 2.05) is 11.8 Å². The van der Waals surface area contributed by atoms with E-state index in [2.05, 4.69) is 13.8 Å². The molecule has 1 N–H and O–H groups in total. The van der Waals surface area contributed by atoms with Crippen molar-refractivity contribution in [3.63, 3.8) is 0 Å². The monoisotopic (exact) mass is 229 g/mol. The van der Waals surface area contributed by atoms with Crippen LogP contribution in [0.5, 0.6) is 0 Å². The summed E-state index contributed by atoms with van der Waals surface area (Å²) in [5, 5.41) is 9.44. The summed E-state index contributed by atoms with van der Waals surface area (Å²) < 4.78 is 5.25. The minimum atomic E-state index is -0.409. The zero-order chi connectivity index (χ0) is 12.3. The summed E-state index contributed by atoms with van der Waals surface area (Å²) in [6.07, 6.45) is 0.306. The van der Waals surface area contributed by atoms with Gasteiger partial charge in [0.25, 0.3) is 0 Å². The Balaban J connectivity index is 2.68. The molecule has 3 unspecified atom stereocenters. The number of aliphatic hydroxyl groups is 1. The fourth-order valence-corrected chi connectivity index (χ4v) is 2.15. The molecule has 0 aromatic carbocycles. The lowest BCUT2D eigenvalue weighted by Crippen LogP contribution is -2.54. The number of ether oxygens (including phenoxy) is 1. The highest BCUT2D eigenvalue weighted by Crippen LogP contribution is 2.19. The second kappa shape index (κ2) is 5.64. The maximum Gasteiger partial charge on any atom is 0.323 e. The van der Waals surface area contributed by atoms with Crippen LogP contribution in [0.3, 0.4) is 0 Å². The van der Waals surface area contributed by atoms with Gasteiger partial charge in [-0.1, -0.05) is 13.8 Å². The first kappa shape index (κ1) is 13.5. The lowest BCUT2D eigenvalue weighted by atomic mass is 10.0. The third-order valence-corrected chi connectivity index (χ3v) is 2.72. The topological polar surface area (TPSA) is 49.8 Å². The second-order valence-corrected chi connectivity index (χ2v) is 5.20. The van der Waals surface area contributed by atoms with Crippen LogP contribution < -0.4 is 0 Å². The number of esters is 1. The van der Waals surface area contributed by atoms with Crippen LogP contribution in [0.15, 0.2) is 0 Å². The summed E-state index contributed by atoms with van der Waals surface area (Å²) in [4.78, 5) is 13.8. The van der Waals surface area contributed by atoms with E-state index < -0.39 is 6.10 Å². The molecule has 1 aliphatic rings. The number of morpholine rings is 1. The summed E-state index contributed by atoms with van der Waals surface area (Å²) in [5.74, 6) is 0.301. The Labute approximate surface area is 97.6 Å². The fraction of sp³-hybridized carbons (Fsp3) is 0.917. The molecule has 1 fully saturated rings. The maximum atomic E-state index is 11.8. The van der Waals surface area contributed by atoms with Crippen molar-refractivity contribution in [2.45, 2.75) is 52.4 Å². The van der Waals surface area contributed by atoms with Crippen molar-refractivity contribution in [3.8, 4) is 0 Å². The van der Waals surface area contributed by atoms with E-state index in [0.29, 0.717) is 19.0 Å². The lowest BCUT2D eigenvalue weighted by molar-refractivity contribution is -0.166. The van der Waals surface area contributed by atoms with E-state index in [1.165, 1.54) is 0 Å². The molecule has 4 nitrogen and oxygen atoms in total. The molecule has 0 saturated carbocycles. The number of cyclic esters (lactones) is 1. The van der Waals surface area contributed by atoms with E-state index in [4.69, 9.17) is 4.74 Å². The van der Waals surface area contributed by atoms with Crippen molar-refractivity contribution in [1.82, 2.24) is 4.90 Å². The number of carbonyl (C=O) groups excluding carboxylic acids is 1. The van der Waals surface area contributed by atoms with Crippen LogP contribution >= 0.6 is 0 Å². The molecule has 3 atom stereocenters. The minimum absolute atomic E-state index is 0.0744. The molecule has 16 heavy (non-hydrogen) atoms. The number of aliphatic hydroxyl groups excluding tert-OH is 1. The molecule has 4 heteroatoms. The highest BCUT2D eigenvalue weighted by atomic mass is 16.5. The Bertz CT molecular complexity index is 238. The molecular formula is C12H23NO3. The average Bonchev–Trinajstić information content (AvgIpc) is 2.09. The molecule has 0 bridgehead atoms. The second-order valence-electron chi connectivity index (χ2n) is 5.20. The van der Waals surface area contributed by atoms with Gasteiger partial charge >= 0.3 is 5.97 Å². The zero-order valence-corrected chi connectivity index (χ0v) is 10.6. The Hall–Kier alpha value is -0.610. The summed E-state index contributed by atoms with van der Waals surface area (Å²) >= 11 is 0. The number of β-amino-alcohol motifs (C(OH)–C–C–N with tert-alkyl or cyclic N) is 1. The quantitative estimate of drug-likeness (QED) is 0.732. The van der Waals surface area contributed by atoms with E-state index >= 15 is 0 Å². The molecule has 0 radical (unpaired) electrons. The summed E-state index contributed by atoms with van der Waals surface area (Å²) in [6, 6.07) is -0.189. The molecule has 1 heterocycles. The SMILES string of the molecule is CC(C)CC1C(=O)OC(C)CN1CC(C)O. The van der Waals surface area contributed by atoms with Crippen molar-refractivity contribution in [3.05, 3.63) is 0 Å². The number of rotatable bonds is 4. The Morgan fingerprint density at radius 3 is 2.62 bits per heavy atom. The van der Waals surface area contributed by atoms with Gasteiger partial charge in [-0.3, -0.25) is 9.69 Å². The highest BCUT2D eigenvalue weighted by Gasteiger charge is 2.35. The first-order chi connectivity index (χ1) is 7.40. The average molecular weight is 229 g/mol. The van der Waals surface area contributed by atoms with Gasteiger partial charge in [0.2, 0.25) is 0 Å². The van der Waals surface area contributed by atoms with Crippen LogP contribution in [0, 0.1) is 5.92 Å². The molecule has 0 aromatic rings. The molecule has 0 aliphatic carbocycles. The summed E-state index contributed by atoms with van der Waals surface area (Å²) in [5.41, 5.74) is 0. The van der Waals surface area contributed by atoms with Crippen molar-refractivity contribution in [2.24, 2.45) is 5.92 Å². The van der Waals surface area contributed by atoms with Crippen molar-refractivity contribution in [2.75, 3.05) is 13.1 Å². The van der Waals surface area contributed by atoms with Crippen LogP contribution in [-0.2, 0) is 9.53 Å². The fourth-order valence-electron chi connectivity index (χ4n) is 2.15. The first-order valence-electron chi connectivity index (χ1n) is 6.02. The molecule has 0 amide bonds. The first-order valence-corrected chi connectivity index (χ1v) is 6.02. The van der Waals surface area contributed by atoms with Gasteiger partial charge in [-0.25, -0.2) is 0 Å². The van der Waals surface area contributed by atoms with Gasteiger partial charge < -0.3 is 9.84 Å². The number of carbonyl (C=O) groups is 1. The molecule has 0 aromatic heterocycles. The Morgan fingerprint density at radius 2 is 2.12 bits per heavy atom. The molecule has 0 spiro atoms. The summed E-state index contributed by atoms with van der Waals surface area (Å²) in [7, 11) is 0. The molecule has 1 aliphatic heterocycles. The van der Waals surface area contributed by atoms with Crippen LogP contribution in [0.2, 0.25) is 0 Å². The number of hydrogen-bond donors (Lipinski definition) is 1. The van der Waals surface area contributed by atoms with Gasteiger partial charge in [-0.2, -0.15) is 0 Å². The smallest absolute Gasteiger partial charge is 0.323 e. The van der Waals surface area contributed by atoms with Crippen molar-refractivity contribution >= 4 is 5.97 Å². The Morgan fingerprint density at radius 1 is 1.50 bits per heavy atom. The number of hydrogen-bond acceptors (Lipinski definition) is 4.